The van der Waals surface area contributed by atoms with Gasteiger partial charge in [-0.05, 0) is 23.8 Å². The second kappa shape index (κ2) is 3.27. The molecule has 1 aliphatic rings. The van der Waals surface area contributed by atoms with Crippen LogP contribution >= 0.6 is 0 Å². The van der Waals surface area contributed by atoms with Crippen molar-refractivity contribution in [3.8, 4) is 0 Å². The molecule has 1 heterocycles. The van der Waals surface area contributed by atoms with Crippen molar-refractivity contribution in [2.75, 3.05) is 17.2 Å². The van der Waals surface area contributed by atoms with E-state index in [9.17, 15) is 9.59 Å². The summed E-state index contributed by atoms with van der Waals surface area (Å²) in [6.07, 6.45) is 0.285. The van der Waals surface area contributed by atoms with Gasteiger partial charge in [0, 0.05) is 11.4 Å². The first kappa shape index (κ1) is 9.51. The molecular formula is C10H11N3O2. The molecule has 0 aromatic heterocycles. The summed E-state index contributed by atoms with van der Waals surface area (Å²) < 4.78 is 0. The smallest absolute Gasteiger partial charge is 0.237 e. The molecule has 0 fully saturated rings. The lowest BCUT2D eigenvalue weighted by Crippen LogP contribution is -2.35. The van der Waals surface area contributed by atoms with Gasteiger partial charge in [-0.25, -0.2) is 0 Å². The molecule has 0 unspecified atom stereocenters. The van der Waals surface area contributed by atoms with E-state index in [4.69, 9.17) is 11.5 Å². The van der Waals surface area contributed by atoms with E-state index in [0.29, 0.717) is 5.69 Å². The fraction of sp³-hybridized carbons (Fsp3) is 0.200. The molecule has 0 saturated heterocycles. The van der Waals surface area contributed by atoms with Gasteiger partial charge in [0.15, 0.2) is 0 Å². The molecule has 15 heavy (non-hydrogen) atoms. The number of nitrogens with zero attached hydrogens (tertiary/aromatic N) is 1. The third-order valence-corrected chi connectivity index (χ3v) is 2.35. The Morgan fingerprint density at radius 2 is 2.20 bits per heavy atom. The lowest BCUT2D eigenvalue weighted by Gasteiger charge is -2.14. The molecule has 5 nitrogen and oxygen atoms in total. The van der Waals surface area contributed by atoms with Gasteiger partial charge in [0.2, 0.25) is 11.8 Å². The number of carbonyl (C=O) groups is 2. The molecule has 1 aromatic rings. The Bertz CT molecular complexity index is 442. The number of fused-ring (bicyclic) bond motifs is 1. The molecule has 1 aliphatic heterocycles. The number of anilines is 2. The number of benzene rings is 1. The monoisotopic (exact) mass is 205 g/mol. The zero-order chi connectivity index (χ0) is 11.0. The molecule has 0 aliphatic carbocycles. The largest absolute Gasteiger partial charge is 0.399 e. The molecule has 5 heteroatoms. The Balaban J connectivity index is 2.37. The number of amides is 2. The molecule has 2 amide bonds. The van der Waals surface area contributed by atoms with Crippen molar-refractivity contribution in [3.05, 3.63) is 23.8 Å². The summed E-state index contributed by atoms with van der Waals surface area (Å²) in [6.45, 7) is -0.0737. The van der Waals surface area contributed by atoms with Crippen molar-refractivity contribution < 1.29 is 9.59 Å². The van der Waals surface area contributed by atoms with Gasteiger partial charge in [0.1, 0.15) is 6.54 Å². The molecule has 0 radical (unpaired) electrons. The molecular weight excluding hydrogens is 194 g/mol. The standard InChI is InChI=1S/C10H11N3O2/c11-7-1-2-8-6(3-7)4-10(15)13(8)5-9(12)14/h1-3H,4-5,11H2,(H2,12,14). The highest BCUT2D eigenvalue weighted by atomic mass is 16.2. The minimum Gasteiger partial charge on any atom is -0.399 e. The first-order chi connectivity index (χ1) is 7.08. The van der Waals surface area contributed by atoms with Crippen LogP contribution in [0.1, 0.15) is 5.56 Å². The predicted molar refractivity (Wildman–Crippen MR) is 56.1 cm³/mol. The SMILES string of the molecule is NC(=O)CN1C(=O)Cc2cc(N)ccc21. The van der Waals surface area contributed by atoms with Crippen LogP contribution in [-0.2, 0) is 16.0 Å². The summed E-state index contributed by atoms with van der Waals surface area (Å²) in [7, 11) is 0. The minimum atomic E-state index is -0.520. The van der Waals surface area contributed by atoms with Gasteiger partial charge in [-0.15, -0.1) is 0 Å². The topological polar surface area (TPSA) is 89.4 Å². The molecule has 0 atom stereocenters. The number of nitrogens with two attached hydrogens (primary N) is 2. The van der Waals surface area contributed by atoms with Crippen LogP contribution in [0.5, 0.6) is 0 Å². The molecule has 78 valence electrons. The van der Waals surface area contributed by atoms with Gasteiger partial charge >= 0.3 is 0 Å². The summed E-state index contributed by atoms with van der Waals surface area (Å²) >= 11 is 0. The van der Waals surface area contributed by atoms with E-state index in [1.807, 2.05) is 0 Å². The van der Waals surface area contributed by atoms with E-state index >= 15 is 0 Å². The highest BCUT2D eigenvalue weighted by Crippen LogP contribution is 2.29. The van der Waals surface area contributed by atoms with Crippen molar-refractivity contribution in [3.63, 3.8) is 0 Å². The number of hydrogen-bond donors (Lipinski definition) is 2. The predicted octanol–water partition coefficient (Wildman–Crippen LogP) is -0.357. The van der Waals surface area contributed by atoms with Gasteiger partial charge in [-0.2, -0.15) is 0 Å². The van der Waals surface area contributed by atoms with E-state index < -0.39 is 5.91 Å². The maximum Gasteiger partial charge on any atom is 0.237 e. The summed E-state index contributed by atoms with van der Waals surface area (Å²) in [6, 6.07) is 5.18. The molecule has 4 N–H and O–H groups in total. The van der Waals surface area contributed by atoms with Gasteiger partial charge in [0.05, 0.1) is 6.42 Å². The highest BCUT2D eigenvalue weighted by molar-refractivity contribution is 6.05. The zero-order valence-corrected chi connectivity index (χ0v) is 8.06. The van der Waals surface area contributed by atoms with Crippen molar-refractivity contribution in [2.45, 2.75) is 6.42 Å². The molecule has 2 rings (SSSR count). The number of rotatable bonds is 2. The van der Waals surface area contributed by atoms with Crippen molar-refractivity contribution >= 4 is 23.2 Å². The van der Waals surface area contributed by atoms with E-state index in [0.717, 1.165) is 11.3 Å². The van der Waals surface area contributed by atoms with Crippen LogP contribution in [0.2, 0.25) is 0 Å². The maximum absolute atomic E-state index is 11.6. The van der Waals surface area contributed by atoms with E-state index in [1.165, 1.54) is 4.90 Å². The van der Waals surface area contributed by atoms with Crippen LogP contribution in [0.4, 0.5) is 11.4 Å². The molecule has 0 saturated carbocycles. The quantitative estimate of drug-likeness (QED) is 0.646. The Morgan fingerprint density at radius 3 is 2.87 bits per heavy atom. The zero-order valence-electron chi connectivity index (χ0n) is 8.06. The summed E-state index contributed by atoms with van der Waals surface area (Å²) in [4.78, 5) is 23.7. The van der Waals surface area contributed by atoms with Crippen LogP contribution in [0.25, 0.3) is 0 Å². The summed E-state index contributed by atoms with van der Waals surface area (Å²) in [5.74, 6) is -0.637. The summed E-state index contributed by atoms with van der Waals surface area (Å²) in [5.41, 5.74) is 12.9. The minimum absolute atomic E-state index is 0.0737. The molecule has 0 bridgehead atoms. The lowest BCUT2D eigenvalue weighted by molar-refractivity contribution is -0.121. The van der Waals surface area contributed by atoms with Crippen molar-refractivity contribution in [2.24, 2.45) is 5.73 Å². The number of primary amides is 1. The second-order valence-electron chi connectivity index (χ2n) is 3.51. The number of carbonyl (C=O) groups excluding carboxylic acids is 2. The summed E-state index contributed by atoms with van der Waals surface area (Å²) in [5, 5.41) is 0. The highest BCUT2D eigenvalue weighted by Gasteiger charge is 2.27. The molecule has 0 spiro atoms. The van der Waals surface area contributed by atoms with Crippen molar-refractivity contribution in [1.29, 1.82) is 0 Å². The normalized spacial score (nSPS) is 14.1. The van der Waals surface area contributed by atoms with E-state index in [-0.39, 0.29) is 18.9 Å². The second-order valence-corrected chi connectivity index (χ2v) is 3.51. The average molecular weight is 205 g/mol. The Morgan fingerprint density at radius 1 is 1.47 bits per heavy atom. The van der Waals surface area contributed by atoms with Crippen LogP contribution in [-0.4, -0.2) is 18.4 Å². The fourth-order valence-corrected chi connectivity index (χ4v) is 1.73. The van der Waals surface area contributed by atoms with E-state index in [1.54, 1.807) is 18.2 Å². The third kappa shape index (κ3) is 1.63. The number of hydrogen-bond acceptors (Lipinski definition) is 3. The molecule has 1 aromatic carbocycles. The first-order valence-electron chi connectivity index (χ1n) is 4.55. The lowest BCUT2D eigenvalue weighted by atomic mass is 10.1. The Kier molecular flexibility index (Phi) is 2.07. The first-order valence-corrected chi connectivity index (χ1v) is 4.55. The van der Waals surface area contributed by atoms with E-state index in [2.05, 4.69) is 0 Å². The van der Waals surface area contributed by atoms with Crippen LogP contribution in [0.15, 0.2) is 18.2 Å². The van der Waals surface area contributed by atoms with Gasteiger partial charge in [-0.3, -0.25) is 9.59 Å². The van der Waals surface area contributed by atoms with Crippen molar-refractivity contribution in [1.82, 2.24) is 0 Å². The van der Waals surface area contributed by atoms with Gasteiger partial charge < -0.3 is 16.4 Å². The van der Waals surface area contributed by atoms with Crippen LogP contribution in [0.3, 0.4) is 0 Å². The van der Waals surface area contributed by atoms with Crippen LogP contribution in [0, 0.1) is 0 Å². The van der Waals surface area contributed by atoms with Gasteiger partial charge in [-0.1, -0.05) is 0 Å². The third-order valence-electron chi connectivity index (χ3n) is 2.35. The van der Waals surface area contributed by atoms with Crippen LogP contribution < -0.4 is 16.4 Å². The van der Waals surface area contributed by atoms with Gasteiger partial charge in [0.25, 0.3) is 0 Å². The number of nitrogen functional groups attached to an aromatic ring is 1. The Hall–Kier alpha value is -2.04. The Labute approximate surface area is 86.6 Å². The fourth-order valence-electron chi connectivity index (χ4n) is 1.73. The average Bonchev–Trinajstić information content (AvgIpc) is 2.41. The maximum atomic E-state index is 11.6.